The highest BCUT2D eigenvalue weighted by Gasteiger charge is 2.17. The summed E-state index contributed by atoms with van der Waals surface area (Å²) in [7, 11) is 1.63. The molecular weight excluding hydrogens is 348 g/mol. The highest BCUT2D eigenvalue weighted by Crippen LogP contribution is 2.32. The van der Waals surface area contributed by atoms with Crippen LogP contribution in [0.1, 0.15) is 22.9 Å². The number of hydrogen-bond acceptors (Lipinski definition) is 6. The van der Waals surface area contributed by atoms with Crippen LogP contribution in [-0.4, -0.2) is 29.0 Å². The van der Waals surface area contributed by atoms with E-state index in [4.69, 9.17) is 4.74 Å². The Hall–Kier alpha value is -2.67. The molecule has 1 aromatic carbocycles. The summed E-state index contributed by atoms with van der Waals surface area (Å²) < 4.78 is 5.14. The molecule has 1 amide bonds. The molecule has 2 heterocycles. The molecule has 0 saturated heterocycles. The summed E-state index contributed by atoms with van der Waals surface area (Å²) in [5, 5.41) is 7.15. The lowest BCUT2D eigenvalue weighted by molar-refractivity contribution is -0.121. The molecule has 0 unspecified atom stereocenters. The molecule has 3 aromatic rings. The molecule has 0 radical (unpaired) electrons. The molecule has 0 aliphatic rings. The first-order valence-corrected chi connectivity index (χ1v) is 9.19. The lowest BCUT2D eigenvalue weighted by atomic mass is 10.2. The minimum atomic E-state index is -0.411. The lowest BCUT2D eigenvalue weighted by Crippen LogP contribution is -2.37. The van der Waals surface area contributed by atoms with Gasteiger partial charge in [-0.3, -0.25) is 4.79 Å². The Labute approximate surface area is 156 Å². The van der Waals surface area contributed by atoms with Gasteiger partial charge in [0.05, 0.1) is 12.5 Å². The van der Waals surface area contributed by atoms with Gasteiger partial charge in [-0.15, -0.1) is 11.3 Å². The molecule has 3 rings (SSSR count). The quantitative estimate of drug-likeness (QED) is 0.695. The van der Waals surface area contributed by atoms with E-state index in [0.29, 0.717) is 12.4 Å². The van der Waals surface area contributed by atoms with Gasteiger partial charge >= 0.3 is 0 Å². The zero-order valence-electron chi connectivity index (χ0n) is 15.3. The summed E-state index contributed by atoms with van der Waals surface area (Å²) >= 11 is 1.64. The summed E-state index contributed by atoms with van der Waals surface area (Å²) in [6.45, 7) is 6.41. The van der Waals surface area contributed by atoms with Crippen molar-refractivity contribution in [2.24, 2.45) is 0 Å². The van der Waals surface area contributed by atoms with Crippen molar-refractivity contribution in [2.45, 2.75) is 33.4 Å². The fraction of sp³-hybridized carbons (Fsp3) is 0.316. The Bertz CT molecular complexity index is 921. The highest BCUT2D eigenvalue weighted by atomic mass is 32.1. The molecule has 6 nitrogen and oxygen atoms in total. The molecule has 0 bridgehead atoms. The standard InChI is InChI=1S/C19H22N4O2S/c1-11-13(3)26-19-16(11)17(21-10-22-19)23-12(2)18(24)20-9-14-5-7-15(25-4)8-6-14/h5-8,10,12H,9H2,1-4H3,(H,20,24)(H,21,22,23)/t12-/m0/s1. The molecule has 7 heteroatoms. The maximum atomic E-state index is 12.4. The molecule has 136 valence electrons. The Morgan fingerprint density at radius 2 is 1.96 bits per heavy atom. The van der Waals surface area contributed by atoms with Crippen LogP contribution < -0.4 is 15.4 Å². The van der Waals surface area contributed by atoms with E-state index in [1.165, 1.54) is 11.2 Å². The number of amides is 1. The molecular formula is C19H22N4O2S. The largest absolute Gasteiger partial charge is 0.497 e. The number of benzene rings is 1. The number of aromatic nitrogens is 2. The number of anilines is 1. The Balaban J connectivity index is 1.66. The summed E-state index contributed by atoms with van der Waals surface area (Å²) in [6, 6.07) is 7.21. The monoisotopic (exact) mass is 370 g/mol. The number of ether oxygens (including phenoxy) is 1. The average molecular weight is 370 g/mol. The molecule has 0 fully saturated rings. The predicted octanol–water partition coefficient (Wildman–Crippen LogP) is 3.43. The number of methoxy groups -OCH3 is 1. The number of thiophene rings is 1. The van der Waals surface area contributed by atoms with Crippen molar-refractivity contribution in [2.75, 3.05) is 12.4 Å². The fourth-order valence-corrected chi connectivity index (χ4v) is 3.64. The van der Waals surface area contributed by atoms with Crippen LogP contribution in [0.4, 0.5) is 5.82 Å². The van der Waals surface area contributed by atoms with Crippen LogP contribution in [-0.2, 0) is 11.3 Å². The third-order valence-electron chi connectivity index (χ3n) is 4.34. The van der Waals surface area contributed by atoms with Crippen molar-refractivity contribution in [3.63, 3.8) is 0 Å². The summed E-state index contributed by atoms with van der Waals surface area (Å²) in [4.78, 5) is 23.2. The second kappa shape index (κ2) is 7.70. The normalized spacial score (nSPS) is 12.0. The van der Waals surface area contributed by atoms with Gasteiger partial charge in [0.1, 0.15) is 28.8 Å². The van der Waals surface area contributed by atoms with E-state index in [1.807, 2.05) is 31.2 Å². The minimum Gasteiger partial charge on any atom is -0.497 e. The minimum absolute atomic E-state index is 0.0859. The van der Waals surface area contributed by atoms with E-state index in [1.54, 1.807) is 18.4 Å². The van der Waals surface area contributed by atoms with Crippen LogP contribution in [0.25, 0.3) is 10.2 Å². The van der Waals surface area contributed by atoms with Crippen LogP contribution in [0.2, 0.25) is 0 Å². The molecule has 26 heavy (non-hydrogen) atoms. The number of rotatable bonds is 6. The van der Waals surface area contributed by atoms with Crippen LogP contribution in [0.3, 0.4) is 0 Å². The van der Waals surface area contributed by atoms with Crippen molar-refractivity contribution in [1.82, 2.24) is 15.3 Å². The number of hydrogen-bond donors (Lipinski definition) is 2. The molecule has 0 aliphatic heterocycles. The molecule has 0 saturated carbocycles. The highest BCUT2D eigenvalue weighted by molar-refractivity contribution is 7.18. The van der Waals surface area contributed by atoms with E-state index >= 15 is 0 Å². The van der Waals surface area contributed by atoms with Crippen LogP contribution in [0.15, 0.2) is 30.6 Å². The first-order chi connectivity index (χ1) is 12.5. The molecule has 1 atom stereocenters. The van der Waals surface area contributed by atoms with Crippen molar-refractivity contribution in [3.8, 4) is 5.75 Å². The molecule has 2 N–H and O–H groups in total. The second-order valence-corrected chi connectivity index (χ2v) is 7.32. The van der Waals surface area contributed by atoms with Gasteiger partial charge in [-0.05, 0) is 44.0 Å². The number of fused-ring (bicyclic) bond motifs is 1. The van der Waals surface area contributed by atoms with Gasteiger partial charge in [0.15, 0.2) is 0 Å². The maximum Gasteiger partial charge on any atom is 0.242 e. The first kappa shape index (κ1) is 18.1. The number of aryl methyl sites for hydroxylation is 2. The SMILES string of the molecule is COc1ccc(CNC(=O)[C@H](C)Nc2ncnc3sc(C)c(C)c23)cc1. The van der Waals surface area contributed by atoms with Gasteiger partial charge in [0, 0.05) is 11.4 Å². The van der Waals surface area contributed by atoms with Gasteiger partial charge in [0.2, 0.25) is 5.91 Å². The topological polar surface area (TPSA) is 76.1 Å². The van der Waals surface area contributed by atoms with Gasteiger partial charge in [0.25, 0.3) is 0 Å². The van der Waals surface area contributed by atoms with Gasteiger partial charge < -0.3 is 15.4 Å². The van der Waals surface area contributed by atoms with Crippen molar-refractivity contribution in [1.29, 1.82) is 0 Å². The van der Waals surface area contributed by atoms with Crippen LogP contribution in [0, 0.1) is 13.8 Å². The lowest BCUT2D eigenvalue weighted by Gasteiger charge is -2.15. The fourth-order valence-electron chi connectivity index (χ4n) is 2.65. The second-order valence-electron chi connectivity index (χ2n) is 6.12. The third kappa shape index (κ3) is 3.77. The summed E-state index contributed by atoms with van der Waals surface area (Å²) in [5.74, 6) is 1.41. The summed E-state index contributed by atoms with van der Waals surface area (Å²) in [6.07, 6.45) is 1.53. The van der Waals surface area contributed by atoms with Crippen molar-refractivity contribution < 1.29 is 9.53 Å². The maximum absolute atomic E-state index is 12.4. The Morgan fingerprint density at radius 3 is 2.65 bits per heavy atom. The van der Waals surface area contributed by atoms with E-state index in [9.17, 15) is 4.79 Å². The van der Waals surface area contributed by atoms with Crippen LogP contribution >= 0.6 is 11.3 Å². The third-order valence-corrected chi connectivity index (χ3v) is 5.45. The number of nitrogens with zero attached hydrogens (tertiary/aromatic N) is 2. The average Bonchev–Trinajstić information content (AvgIpc) is 2.95. The smallest absolute Gasteiger partial charge is 0.242 e. The zero-order chi connectivity index (χ0) is 18.7. The van der Waals surface area contributed by atoms with Gasteiger partial charge in [-0.2, -0.15) is 0 Å². The zero-order valence-corrected chi connectivity index (χ0v) is 16.1. The number of carbonyl (C=O) groups is 1. The van der Waals surface area contributed by atoms with E-state index < -0.39 is 6.04 Å². The number of carbonyl (C=O) groups excluding carboxylic acids is 1. The van der Waals surface area contributed by atoms with E-state index in [2.05, 4.69) is 34.4 Å². The van der Waals surface area contributed by atoms with Crippen molar-refractivity contribution in [3.05, 3.63) is 46.6 Å². The summed E-state index contributed by atoms with van der Waals surface area (Å²) in [5.41, 5.74) is 2.17. The van der Waals surface area contributed by atoms with Gasteiger partial charge in [-0.1, -0.05) is 12.1 Å². The predicted molar refractivity (Wildman–Crippen MR) is 105 cm³/mol. The van der Waals surface area contributed by atoms with E-state index in [-0.39, 0.29) is 5.91 Å². The molecule has 0 aliphatic carbocycles. The number of nitrogens with one attached hydrogen (secondary N) is 2. The van der Waals surface area contributed by atoms with Crippen LogP contribution in [0.5, 0.6) is 5.75 Å². The van der Waals surface area contributed by atoms with E-state index in [0.717, 1.165) is 27.1 Å². The van der Waals surface area contributed by atoms with Gasteiger partial charge in [-0.25, -0.2) is 9.97 Å². The molecule has 0 spiro atoms. The Morgan fingerprint density at radius 1 is 1.23 bits per heavy atom. The molecule has 2 aromatic heterocycles. The first-order valence-electron chi connectivity index (χ1n) is 8.37. The Kier molecular flexibility index (Phi) is 5.37. The van der Waals surface area contributed by atoms with Crippen molar-refractivity contribution >= 4 is 33.3 Å².